The van der Waals surface area contributed by atoms with E-state index in [0.29, 0.717) is 24.8 Å². The van der Waals surface area contributed by atoms with Gasteiger partial charge in [0.15, 0.2) is 5.83 Å². The van der Waals surface area contributed by atoms with E-state index in [0.717, 1.165) is 0 Å². The van der Waals surface area contributed by atoms with Crippen molar-refractivity contribution in [2.24, 2.45) is 0 Å². The van der Waals surface area contributed by atoms with Gasteiger partial charge in [0, 0.05) is 0 Å². The van der Waals surface area contributed by atoms with Crippen molar-refractivity contribution in [2.75, 3.05) is 7.11 Å². The number of hydrogen-bond acceptors (Lipinski definition) is 3. The Labute approximate surface area is 127 Å². The summed E-state index contributed by atoms with van der Waals surface area (Å²) in [6.07, 6.45) is 1.22. The highest BCUT2D eigenvalue weighted by atomic mass is 19.1. The van der Waals surface area contributed by atoms with Crippen LogP contribution in [0.2, 0.25) is 0 Å². The molecule has 0 atom stereocenters. The molecule has 0 aromatic carbocycles. The van der Waals surface area contributed by atoms with E-state index in [1.54, 1.807) is 6.92 Å². The molecule has 0 aromatic rings. The number of methoxy groups -OCH3 is 1. The topological polar surface area (TPSA) is 43.4 Å². The molecule has 0 saturated carbocycles. The first-order valence-corrected chi connectivity index (χ1v) is 6.87. The molecule has 0 aromatic heterocycles. The molecule has 0 bridgehead atoms. The van der Waals surface area contributed by atoms with Gasteiger partial charge >= 0.3 is 0 Å². The van der Waals surface area contributed by atoms with Crippen molar-refractivity contribution < 1.29 is 23.1 Å². The van der Waals surface area contributed by atoms with Crippen molar-refractivity contribution in [1.82, 2.24) is 0 Å². The Morgan fingerprint density at radius 3 is 2.45 bits per heavy atom. The van der Waals surface area contributed by atoms with Gasteiger partial charge in [0.1, 0.15) is 11.6 Å². The Hall–Kier alpha value is -2.30. The maximum atomic E-state index is 14.4. The number of ether oxygens (including phenoxy) is 1. The van der Waals surface area contributed by atoms with Crippen molar-refractivity contribution in [3.8, 4) is 0 Å². The molecule has 22 heavy (non-hydrogen) atoms. The largest absolute Gasteiger partial charge is 0.494 e. The molecule has 5 heteroatoms. The molecule has 0 spiro atoms. The number of ketones is 2. The van der Waals surface area contributed by atoms with E-state index in [4.69, 9.17) is 0 Å². The smallest absolute Gasteiger partial charge is 0.237 e. The minimum atomic E-state index is -1.12. The van der Waals surface area contributed by atoms with Gasteiger partial charge < -0.3 is 4.74 Å². The minimum Gasteiger partial charge on any atom is -0.494 e. The lowest BCUT2D eigenvalue weighted by Gasteiger charge is -2.27. The molecule has 2 aliphatic carbocycles. The van der Waals surface area contributed by atoms with Crippen molar-refractivity contribution >= 4 is 11.6 Å². The van der Waals surface area contributed by atoms with E-state index in [1.165, 1.54) is 7.11 Å². The van der Waals surface area contributed by atoms with E-state index < -0.39 is 28.8 Å². The Morgan fingerprint density at radius 1 is 1.27 bits per heavy atom. The van der Waals surface area contributed by atoms with Crippen LogP contribution < -0.4 is 0 Å². The van der Waals surface area contributed by atoms with E-state index in [2.05, 4.69) is 17.9 Å². The lowest BCUT2D eigenvalue weighted by molar-refractivity contribution is -0.132. The molecule has 0 heterocycles. The zero-order valence-corrected chi connectivity index (χ0v) is 12.5. The molecule has 0 N–H and O–H groups in total. The third-order valence-corrected chi connectivity index (χ3v) is 3.97. The van der Waals surface area contributed by atoms with E-state index in [-0.39, 0.29) is 22.5 Å². The van der Waals surface area contributed by atoms with Gasteiger partial charge in [0.2, 0.25) is 11.6 Å². The normalized spacial score (nSPS) is 21.2. The second-order valence-corrected chi connectivity index (χ2v) is 5.08. The Morgan fingerprint density at radius 2 is 1.91 bits per heavy atom. The molecule has 0 fully saturated rings. The molecular formula is C17H16F2O3. The summed E-state index contributed by atoms with van der Waals surface area (Å²) in [4.78, 5) is 24.4. The van der Waals surface area contributed by atoms with Crippen LogP contribution in [-0.2, 0) is 14.3 Å². The molecule has 0 saturated heterocycles. The van der Waals surface area contributed by atoms with E-state index in [1.807, 2.05) is 0 Å². The number of Topliss-reactive ketones (excluding diaryl/α,β-unsaturated/α-hetero) is 2. The zero-order valence-electron chi connectivity index (χ0n) is 12.5. The minimum absolute atomic E-state index is 0.0283. The highest BCUT2D eigenvalue weighted by molar-refractivity contribution is 6.52. The first kappa shape index (κ1) is 16.1. The fourth-order valence-corrected chi connectivity index (χ4v) is 2.67. The fourth-order valence-electron chi connectivity index (χ4n) is 2.67. The third kappa shape index (κ3) is 2.26. The van der Waals surface area contributed by atoms with Gasteiger partial charge in [-0.1, -0.05) is 20.1 Å². The summed E-state index contributed by atoms with van der Waals surface area (Å²) in [6, 6.07) is 0. The van der Waals surface area contributed by atoms with Crippen LogP contribution in [0.5, 0.6) is 0 Å². The van der Waals surface area contributed by atoms with Gasteiger partial charge in [-0.05, 0) is 36.0 Å². The van der Waals surface area contributed by atoms with Gasteiger partial charge in [-0.25, -0.2) is 8.78 Å². The lowest BCUT2D eigenvalue weighted by Crippen LogP contribution is -2.29. The number of hydrogen-bond donors (Lipinski definition) is 0. The number of allylic oxidation sites excluding steroid dienone is 7. The van der Waals surface area contributed by atoms with Crippen molar-refractivity contribution in [2.45, 2.75) is 26.2 Å². The van der Waals surface area contributed by atoms with Crippen molar-refractivity contribution in [1.29, 1.82) is 0 Å². The first-order chi connectivity index (χ1) is 10.3. The Balaban J connectivity index is 2.67. The van der Waals surface area contributed by atoms with Crippen molar-refractivity contribution in [3.05, 3.63) is 58.4 Å². The summed E-state index contributed by atoms with van der Waals surface area (Å²) in [6.45, 7) is 8.78. The second-order valence-electron chi connectivity index (χ2n) is 5.08. The molecular weight excluding hydrogens is 290 g/mol. The summed E-state index contributed by atoms with van der Waals surface area (Å²) in [7, 11) is 1.20. The van der Waals surface area contributed by atoms with Crippen LogP contribution in [0.25, 0.3) is 0 Å². The molecule has 0 aliphatic heterocycles. The zero-order chi connectivity index (χ0) is 16.6. The fraction of sp³-hybridized carbons (Fsp3) is 0.294. The summed E-state index contributed by atoms with van der Waals surface area (Å²) in [5.74, 6) is -4.25. The number of halogens is 2. The third-order valence-electron chi connectivity index (χ3n) is 3.97. The van der Waals surface area contributed by atoms with Crippen LogP contribution in [-0.4, -0.2) is 18.7 Å². The van der Waals surface area contributed by atoms with Gasteiger partial charge in [-0.2, -0.15) is 0 Å². The molecule has 0 radical (unpaired) electrons. The highest BCUT2D eigenvalue weighted by Gasteiger charge is 2.40. The van der Waals surface area contributed by atoms with Gasteiger partial charge in [-0.3, -0.25) is 9.59 Å². The van der Waals surface area contributed by atoms with Crippen LogP contribution in [0.4, 0.5) is 8.78 Å². The summed E-state index contributed by atoms with van der Waals surface area (Å²) in [5, 5.41) is 0. The number of carbonyl (C=O) groups is 2. The van der Waals surface area contributed by atoms with Crippen LogP contribution in [0.1, 0.15) is 26.2 Å². The Kier molecular flexibility index (Phi) is 4.26. The average molecular weight is 306 g/mol. The van der Waals surface area contributed by atoms with E-state index >= 15 is 0 Å². The standard InChI is InChI=1S/C17H16F2O3/c1-5-10-6-7-11-8(2)12(14(18)9(3)22-4)16(20)17(21)13(11)15(10)19/h2-3,5-7H2,1,4H3/b14-12-. The lowest BCUT2D eigenvalue weighted by atomic mass is 9.75. The number of rotatable bonds is 3. The van der Waals surface area contributed by atoms with Crippen LogP contribution in [0.3, 0.4) is 0 Å². The monoisotopic (exact) mass is 306 g/mol. The summed E-state index contributed by atoms with van der Waals surface area (Å²) < 4.78 is 33.3. The molecule has 116 valence electrons. The molecule has 0 unspecified atom stereocenters. The summed E-state index contributed by atoms with van der Waals surface area (Å²) >= 11 is 0. The Bertz CT molecular complexity index is 705. The second kappa shape index (κ2) is 5.83. The van der Waals surface area contributed by atoms with Crippen LogP contribution in [0, 0.1) is 0 Å². The van der Waals surface area contributed by atoms with Gasteiger partial charge in [0.05, 0.1) is 18.3 Å². The first-order valence-electron chi connectivity index (χ1n) is 6.87. The number of carbonyl (C=O) groups excluding carboxylic acids is 2. The highest BCUT2D eigenvalue weighted by Crippen LogP contribution is 2.43. The van der Waals surface area contributed by atoms with Crippen LogP contribution in [0.15, 0.2) is 58.4 Å². The van der Waals surface area contributed by atoms with Crippen molar-refractivity contribution in [3.63, 3.8) is 0 Å². The average Bonchev–Trinajstić information content (AvgIpc) is 2.51. The van der Waals surface area contributed by atoms with E-state index in [9.17, 15) is 18.4 Å². The van der Waals surface area contributed by atoms with Gasteiger partial charge in [-0.15, -0.1) is 0 Å². The molecule has 2 aliphatic rings. The van der Waals surface area contributed by atoms with Gasteiger partial charge in [0.25, 0.3) is 0 Å². The maximum Gasteiger partial charge on any atom is 0.237 e. The predicted octanol–water partition coefficient (Wildman–Crippen LogP) is 3.80. The predicted molar refractivity (Wildman–Crippen MR) is 78.1 cm³/mol. The molecule has 0 amide bonds. The molecule has 2 rings (SSSR count). The van der Waals surface area contributed by atoms with Crippen LogP contribution >= 0.6 is 0 Å². The molecule has 3 nitrogen and oxygen atoms in total. The quantitative estimate of drug-likeness (QED) is 0.452. The SMILES string of the molecule is C=C(OC)/C(F)=C1\C(=C)C2=C(C(=O)C1=O)C(F)=C(CC)CC2. The summed E-state index contributed by atoms with van der Waals surface area (Å²) in [5.41, 5.74) is 0.0527. The maximum absolute atomic E-state index is 14.4.